The highest BCUT2D eigenvalue weighted by Gasteiger charge is 2.11. The second-order valence-corrected chi connectivity index (χ2v) is 8.04. The lowest BCUT2D eigenvalue weighted by molar-refractivity contribution is -0.114. The molecule has 0 aliphatic carbocycles. The van der Waals surface area contributed by atoms with Gasteiger partial charge in [-0.25, -0.2) is 4.98 Å². The Bertz CT molecular complexity index is 1120. The molecule has 0 radical (unpaired) electrons. The van der Waals surface area contributed by atoms with E-state index in [-0.39, 0.29) is 12.5 Å². The molecule has 28 heavy (non-hydrogen) atoms. The van der Waals surface area contributed by atoms with Gasteiger partial charge in [-0.2, -0.15) is 0 Å². The Labute approximate surface area is 169 Å². The van der Waals surface area contributed by atoms with Crippen molar-refractivity contribution in [3.8, 4) is 16.3 Å². The minimum absolute atomic E-state index is 0.107. The highest BCUT2D eigenvalue weighted by atomic mass is 32.1. The molecule has 0 aliphatic heterocycles. The van der Waals surface area contributed by atoms with Gasteiger partial charge in [-0.1, -0.05) is 28.7 Å². The van der Waals surface area contributed by atoms with E-state index in [1.807, 2.05) is 43.3 Å². The number of fused-ring (bicyclic) bond motifs is 1. The molecule has 0 atom stereocenters. The summed E-state index contributed by atoms with van der Waals surface area (Å²) in [7, 11) is 1.62. The molecular formula is C19H17N5O2S2. The van der Waals surface area contributed by atoms with Crippen LogP contribution in [0, 0.1) is 6.92 Å². The second-order valence-electron chi connectivity index (χ2n) is 6.03. The number of thiazole rings is 1. The molecule has 9 heteroatoms. The van der Waals surface area contributed by atoms with Crippen LogP contribution in [0.25, 0.3) is 20.8 Å². The standard InChI is InChI=1S/C19H17N5O2S2/c1-11-3-8-14-15(9-11)27-18(21-14)20-10-16(25)22-19-24-23-17(28-19)12-4-6-13(26-2)7-5-12/h3-9H,10H2,1-2H3,(H,20,21)(H,22,24,25). The Balaban J connectivity index is 1.36. The molecule has 142 valence electrons. The van der Waals surface area contributed by atoms with Crippen LogP contribution < -0.4 is 15.4 Å². The third-order valence-corrected chi connectivity index (χ3v) is 5.82. The van der Waals surface area contributed by atoms with Crippen molar-refractivity contribution in [2.75, 3.05) is 24.3 Å². The van der Waals surface area contributed by atoms with Gasteiger partial charge in [0.15, 0.2) is 5.13 Å². The largest absolute Gasteiger partial charge is 0.497 e. The molecule has 7 nitrogen and oxygen atoms in total. The number of methoxy groups -OCH3 is 1. The first-order valence-corrected chi connectivity index (χ1v) is 10.1. The first-order valence-electron chi connectivity index (χ1n) is 8.49. The van der Waals surface area contributed by atoms with Crippen molar-refractivity contribution < 1.29 is 9.53 Å². The molecule has 1 amide bonds. The molecule has 0 bridgehead atoms. The van der Waals surface area contributed by atoms with Gasteiger partial charge < -0.3 is 10.1 Å². The molecule has 0 unspecified atom stereocenters. The number of rotatable bonds is 6. The van der Waals surface area contributed by atoms with E-state index < -0.39 is 0 Å². The summed E-state index contributed by atoms with van der Waals surface area (Å²) in [6, 6.07) is 13.6. The normalized spacial score (nSPS) is 10.8. The highest BCUT2D eigenvalue weighted by Crippen LogP contribution is 2.28. The first kappa shape index (κ1) is 18.3. The second kappa shape index (κ2) is 7.91. The van der Waals surface area contributed by atoms with E-state index in [9.17, 15) is 4.79 Å². The average molecular weight is 412 g/mol. The van der Waals surface area contributed by atoms with Crippen molar-refractivity contribution in [3.63, 3.8) is 0 Å². The number of hydrogen-bond acceptors (Lipinski definition) is 8. The summed E-state index contributed by atoms with van der Waals surface area (Å²) in [4.78, 5) is 16.7. The zero-order valence-corrected chi connectivity index (χ0v) is 16.9. The summed E-state index contributed by atoms with van der Waals surface area (Å²) < 4.78 is 6.24. The number of anilines is 2. The number of nitrogens with one attached hydrogen (secondary N) is 2. The van der Waals surface area contributed by atoms with Gasteiger partial charge >= 0.3 is 0 Å². The summed E-state index contributed by atoms with van der Waals surface area (Å²) in [5, 5.41) is 15.9. The number of carbonyl (C=O) groups excluding carboxylic acids is 1. The van der Waals surface area contributed by atoms with Crippen LogP contribution in [0.4, 0.5) is 10.3 Å². The minimum atomic E-state index is -0.201. The first-order chi connectivity index (χ1) is 13.6. The van der Waals surface area contributed by atoms with Crippen LogP contribution in [0.2, 0.25) is 0 Å². The Morgan fingerprint density at radius 2 is 1.89 bits per heavy atom. The fourth-order valence-corrected chi connectivity index (χ4v) is 4.28. The number of hydrogen-bond donors (Lipinski definition) is 2. The van der Waals surface area contributed by atoms with Crippen molar-refractivity contribution in [2.24, 2.45) is 0 Å². The summed E-state index contributed by atoms with van der Waals surface area (Å²) in [5.41, 5.74) is 3.03. The van der Waals surface area contributed by atoms with E-state index >= 15 is 0 Å². The maximum Gasteiger partial charge on any atom is 0.245 e. The van der Waals surface area contributed by atoms with Gasteiger partial charge in [-0.15, -0.1) is 10.2 Å². The molecule has 0 fully saturated rings. The van der Waals surface area contributed by atoms with Gasteiger partial charge in [0.25, 0.3) is 0 Å². The maximum atomic E-state index is 12.2. The lowest BCUT2D eigenvalue weighted by atomic mass is 10.2. The lowest BCUT2D eigenvalue weighted by Crippen LogP contribution is -2.21. The number of benzene rings is 2. The number of amides is 1. The Kier molecular flexibility index (Phi) is 5.18. The zero-order valence-electron chi connectivity index (χ0n) is 15.2. The molecule has 0 saturated carbocycles. The van der Waals surface area contributed by atoms with Crippen molar-refractivity contribution in [3.05, 3.63) is 48.0 Å². The monoisotopic (exact) mass is 411 g/mol. The van der Waals surface area contributed by atoms with Crippen molar-refractivity contribution >= 4 is 49.1 Å². The van der Waals surface area contributed by atoms with Crippen LogP contribution in [-0.2, 0) is 4.79 Å². The van der Waals surface area contributed by atoms with Gasteiger partial charge in [0, 0.05) is 5.56 Å². The molecule has 2 N–H and O–H groups in total. The smallest absolute Gasteiger partial charge is 0.245 e. The average Bonchev–Trinajstić information content (AvgIpc) is 3.32. The zero-order chi connectivity index (χ0) is 19.5. The van der Waals surface area contributed by atoms with E-state index in [0.717, 1.165) is 26.5 Å². The molecule has 2 aromatic heterocycles. The van der Waals surface area contributed by atoms with Crippen LogP contribution in [0.1, 0.15) is 5.56 Å². The van der Waals surface area contributed by atoms with E-state index in [2.05, 4.69) is 31.9 Å². The molecular weight excluding hydrogens is 394 g/mol. The minimum Gasteiger partial charge on any atom is -0.497 e. The Hall–Kier alpha value is -3.04. The summed E-state index contributed by atoms with van der Waals surface area (Å²) in [6.45, 7) is 2.15. The van der Waals surface area contributed by atoms with Crippen LogP contribution in [0.5, 0.6) is 5.75 Å². The van der Waals surface area contributed by atoms with E-state index in [0.29, 0.717) is 10.3 Å². The summed E-state index contributed by atoms with van der Waals surface area (Å²) >= 11 is 2.85. The fraction of sp³-hybridized carbons (Fsp3) is 0.158. The third kappa shape index (κ3) is 4.10. The summed E-state index contributed by atoms with van der Waals surface area (Å²) in [6.07, 6.45) is 0. The quantitative estimate of drug-likeness (QED) is 0.495. The van der Waals surface area contributed by atoms with Crippen LogP contribution >= 0.6 is 22.7 Å². The molecule has 0 aliphatic rings. The third-order valence-electron chi connectivity index (χ3n) is 3.95. The van der Waals surface area contributed by atoms with Gasteiger partial charge in [-0.05, 0) is 48.9 Å². The van der Waals surface area contributed by atoms with E-state index in [1.165, 1.54) is 28.2 Å². The van der Waals surface area contributed by atoms with Crippen molar-refractivity contribution in [1.82, 2.24) is 15.2 Å². The Morgan fingerprint density at radius 3 is 2.68 bits per heavy atom. The van der Waals surface area contributed by atoms with Gasteiger partial charge in [0.1, 0.15) is 10.8 Å². The molecule has 0 saturated heterocycles. The molecule has 0 spiro atoms. The number of ether oxygens (including phenoxy) is 1. The van der Waals surface area contributed by atoms with E-state index in [4.69, 9.17) is 4.74 Å². The lowest BCUT2D eigenvalue weighted by Gasteiger charge is -2.02. The molecule has 4 rings (SSSR count). The predicted octanol–water partition coefficient (Wildman–Crippen LogP) is 4.18. The molecule has 4 aromatic rings. The van der Waals surface area contributed by atoms with Crippen molar-refractivity contribution in [2.45, 2.75) is 6.92 Å². The number of aryl methyl sites for hydroxylation is 1. The SMILES string of the molecule is COc1ccc(-c2nnc(NC(=O)CNc3nc4ccc(C)cc4s3)s2)cc1. The topological polar surface area (TPSA) is 89.0 Å². The van der Waals surface area contributed by atoms with Crippen LogP contribution in [-0.4, -0.2) is 34.7 Å². The van der Waals surface area contributed by atoms with Crippen molar-refractivity contribution in [1.29, 1.82) is 0 Å². The highest BCUT2D eigenvalue weighted by molar-refractivity contribution is 7.22. The van der Waals surface area contributed by atoms with Crippen LogP contribution in [0.15, 0.2) is 42.5 Å². The van der Waals surface area contributed by atoms with Gasteiger partial charge in [0.2, 0.25) is 11.0 Å². The molecule has 2 heterocycles. The predicted molar refractivity (Wildman–Crippen MR) is 113 cm³/mol. The summed E-state index contributed by atoms with van der Waals surface area (Å²) in [5.74, 6) is 0.575. The fourth-order valence-electron chi connectivity index (χ4n) is 2.55. The number of aromatic nitrogens is 3. The maximum absolute atomic E-state index is 12.2. The van der Waals surface area contributed by atoms with Crippen LogP contribution in [0.3, 0.4) is 0 Å². The Morgan fingerprint density at radius 1 is 1.07 bits per heavy atom. The van der Waals surface area contributed by atoms with Gasteiger partial charge in [0.05, 0.1) is 23.9 Å². The van der Waals surface area contributed by atoms with E-state index in [1.54, 1.807) is 7.11 Å². The number of carbonyl (C=O) groups is 1. The molecule has 2 aromatic carbocycles. The van der Waals surface area contributed by atoms with Gasteiger partial charge in [-0.3, -0.25) is 10.1 Å². The number of nitrogens with zero attached hydrogens (tertiary/aromatic N) is 3.